The highest BCUT2D eigenvalue weighted by atomic mass is 16.5. The van der Waals surface area contributed by atoms with Crippen molar-refractivity contribution in [3.63, 3.8) is 0 Å². The van der Waals surface area contributed by atoms with E-state index in [1.807, 2.05) is 12.1 Å². The van der Waals surface area contributed by atoms with Gasteiger partial charge in [0.1, 0.15) is 0 Å². The Morgan fingerprint density at radius 3 is 2.29 bits per heavy atom. The molecule has 1 aromatic carbocycles. The smallest absolute Gasteiger partial charge is 0.160 e. The average Bonchev–Trinajstić information content (AvgIpc) is 2.52. The molecule has 0 bridgehead atoms. The highest BCUT2D eigenvalue weighted by Gasteiger charge is 2.29. The monoisotopic (exact) mass is 294 g/mol. The Kier molecular flexibility index (Phi) is 6.99. The number of ether oxygens (including phenoxy) is 2. The fourth-order valence-electron chi connectivity index (χ4n) is 2.82. The molecule has 0 aliphatic heterocycles. The van der Waals surface area contributed by atoms with Gasteiger partial charge in [0.2, 0.25) is 0 Å². The van der Waals surface area contributed by atoms with E-state index in [-0.39, 0.29) is 5.54 Å². The summed E-state index contributed by atoms with van der Waals surface area (Å²) in [7, 11) is 3.32. The van der Waals surface area contributed by atoms with E-state index in [4.69, 9.17) is 15.2 Å². The zero-order valence-electron chi connectivity index (χ0n) is 14.1. The Balaban J connectivity index is 2.99. The lowest BCUT2D eigenvalue weighted by atomic mass is 9.90. The van der Waals surface area contributed by atoms with Crippen LogP contribution in [0.15, 0.2) is 18.2 Å². The van der Waals surface area contributed by atoms with Crippen molar-refractivity contribution in [2.45, 2.75) is 39.2 Å². The molecule has 1 rings (SSSR count). The van der Waals surface area contributed by atoms with Gasteiger partial charge < -0.3 is 15.2 Å². The first-order valence-electron chi connectivity index (χ1n) is 7.70. The lowest BCUT2D eigenvalue weighted by molar-refractivity contribution is 0.117. The number of benzene rings is 1. The molecule has 1 unspecified atom stereocenters. The molecule has 0 amide bonds. The second kappa shape index (κ2) is 8.25. The van der Waals surface area contributed by atoms with E-state index in [1.165, 1.54) is 5.56 Å². The van der Waals surface area contributed by atoms with Crippen LogP contribution in [-0.4, -0.2) is 44.3 Å². The van der Waals surface area contributed by atoms with Crippen LogP contribution in [-0.2, 0) is 6.42 Å². The fourth-order valence-corrected chi connectivity index (χ4v) is 2.82. The van der Waals surface area contributed by atoms with Gasteiger partial charge in [0.25, 0.3) is 0 Å². The van der Waals surface area contributed by atoms with E-state index in [1.54, 1.807) is 14.2 Å². The summed E-state index contributed by atoms with van der Waals surface area (Å²) in [6.45, 7) is 9.35. The minimum atomic E-state index is -0.0373. The second-order valence-electron chi connectivity index (χ2n) is 5.65. The Hall–Kier alpha value is -1.26. The molecular formula is C17H30N2O2. The summed E-state index contributed by atoms with van der Waals surface area (Å²) in [5.74, 6) is 1.53. The SMILES string of the molecule is CCCN(CC)C(C)(CN)Cc1ccc(OC)c(OC)c1. The molecule has 1 atom stereocenters. The highest BCUT2D eigenvalue weighted by molar-refractivity contribution is 5.43. The Labute approximate surface area is 129 Å². The van der Waals surface area contributed by atoms with Gasteiger partial charge in [0.05, 0.1) is 14.2 Å². The van der Waals surface area contributed by atoms with Crippen LogP contribution in [0.25, 0.3) is 0 Å². The number of likely N-dealkylation sites (N-methyl/N-ethyl adjacent to an activating group) is 1. The van der Waals surface area contributed by atoms with E-state index in [0.717, 1.165) is 37.4 Å². The number of rotatable bonds is 9. The van der Waals surface area contributed by atoms with Crippen molar-refractivity contribution in [3.05, 3.63) is 23.8 Å². The molecule has 0 aliphatic rings. The Bertz CT molecular complexity index is 437. The van der Waals surface area contributed by atoms with E-state index in [0.29, 0.717) is 6.54 Å². The molecule has 0 aliphatic carbocycles. The van der Waals surface area contributed by atoms with Gasteiger partial charge in [-0.1, -0.05) is 19.9 Å². The molecule has 0 saturated carbocycles. The summed E-state index contributed by atoms with van der Waals surface area (Å²) in [6, 6.07) is 6.10. The summed E-state index contributed by atoms with van der Waals surface area (Å²) in [6.07, 6.45) is 2.03. The van der Waals surface area contributed by atoms with Crippen molar-refractivity contribution in [3.8, 4) is 11.5 Å². The first-order chi connectivity index (χ1) is 10.0. The molecule has 0 saturated heterocycles. The molecule has 0 aromatic heterocycles. The molecule has 21 heavy (non-hydrogen) atoms. The van der Waals surface area contributed by atoms with E-state index < -0.39 is 0 Å². The van der Waals surface area contributed by atoms with E-state index in [9.17, 15) is 0 Å². The van der Waals surface area contributed by atoms with E-state index >= 15 is 0 Å². The molecule has 4 nitrogen and oxygen atoms in total. The third-order valence-electron chi connectivity index (χ3n) is 4.11. The van der Waals surface area contributed by atoms with Crippen LogP contribution >= 0.6 is 0 Å². The molecule has 120 valence electrons. The molecule has 0 spiro atoms. The summed E-state index contributed by atoms with van der Waals surface area (Å²) in [5, 5.41) is 0. The van der Waals surface area contributed by atoms with Gasteiger partial charge in [-0.15, -0.1) is 0 Å². The first kappa shape index (κ1) is 17.8. The topological polar surface area (TPSA) is 47.7 Å². The van der Waals surface area contributed by atoms with Gasteiger partial charge in [-0.05, 0) is 50.6 Å². The standard InChI is InChI=1S/C17H30N2O2/c1-6-10-19(7-2)17(3,13-18)12-14-8-9-15(20-4)16(11-14)21-5/h8-9,11H,6-7,10,12-13,18H2,1-5H3. The van der Waals surface area contributed by atoms with Gasteiger partial charge in [-0.3, -0.25) is 4.90 Å². The molecule has 0 radical (unpaired) electrons. The summed E-state index contributed by atoms with van der Waals surface area (Å²) in [4.78, 5) is 2.46. The van der Waals surface area contributed by atoms with Crippen LogP contribution in [0.3, 0.4) is 0 Å². The van der Waals surface area contributed by atoms with Crippen LogP contribution in [0.5, 0.6) is 11.5 Å². The van der Waals surface area contributed by atoms with E-state index in [2.05, 4.69) is 31.7 Å². The molecule has 2 N–H and O–H groups in total. The third-order valence-corrected chi connectivity index (χ3v) is 4.11. The number of nitrogens with two attached hydrogens (primary N) is 1. The quantitative estimate of drug-likeness (QED) is 0.761. The van der Waals surface area contributed by atoms with Crippen molar-refractivity contribution in [2.75, 3.05) is 33.9 Å². The number of hydrogen-bond acceptors (Lipinski definition) is 4. The Morgan fingerprint density at radius 2 is 1.81 bits per heavy atom. The zero-order valence-corrected chi connectivity index (χ0v) is 14.1. The van der Waals surface area contributed by atoms with Crippen LogP contribution in [0.4, 0.5) is 0 Å². The van der Waals surface area contributed by atoms with Gasteiger partial charge in [-0.25, -0.2) is 0 Å². The largest absolute Gasteiger partial charge is 0.493 e. The molecule has 4 heteroatoms. The summed E-state index contributed by atoms with van der Waals surface area (Å²) >= 11 is 0. The van der Waals surface area contributed by atoms with Gasteiger partial charge in [-0.2, -0.15) is 0 Å². The molecular weight excluding hydrogens is 264 g/mol. The van der Waals surface area contributed by atoms with Crippen molar-refractivity contribution >= 4 is 0 Å². The minimum Gasteiger partial charge on any atom is -0.493 e. The predicted molar refractivity (Wildman–Crippen MR) is 88.2 cm³/mol. The molecule has 1 aromatic rings. The molecule has 0 fully saturated rings. The zero-order chi connectivity index (χ0) is 15.9. The molecule has 0 heterocycles. The van der Waals surface area contributed by atoms with Gasteiger partial charge in [0, 0.05) is 12.1 Å². The minimum absolute atomic E-state index is 0.0373. The van der Waals surface area contributed by atoms with Crippen LogP contribution in [0.1, 0.15) is 32.8 Å². The van der Waals surface area contributed by atoms with Crippen molar-refractivity contribution in [1.82, 2.24) is 4.90 Å². The normalized spacial score (nSPS) is 14.0. The lowest BCUT2D eigenvalue weighted by Gasteiger charge is -2.40. The maximum atomic E-state index is 6.09. The fraction of sp³-hybridized carbons (Fsp3) is 0.647. The maximum Gasteiger partial charge on any atom is 0.160 e. The third kappa shape index (κ3) is 4.35. The predicted octanol–water partition coefficient (Wildman–Crippen LogP) is 2.70. The van der Waals surface area contributed by atoms with Crippen LogP contribution in [0, 0.1) is 0 Å². The van der Waals surface area contributed by atoms with Crippen LogP contribution < -0.4 is 15.2 Å². The number of hydrogen-bond donors (Lipinski definition) is 1. The number of nitrogens with zero attached hydrogens (tertiary/aromatic N) is 1. The number of methoxy groups -OCH3 is 2. The first-order valence-corrected chi connectivity index (χ1v) is 7.70. The van der Waals surface area contributed by atoms with Crippen LogP contribution in [0.2, 0.25) is 0 Å². The van der Waals surface area contributed by atoms with Crippen molar-refractivity contribution < 1.29 is 9.47 Å². The van der Waals surface area contributed by atoms with Gasteiger partial charge in [0.15, 0.2) is 11.5 Å². The highest BCUT2D eigenvalue weighted by Crippen LogP contribution is 2.30. The Morgan fingerprint density at radius 1 is 1.14 bits per heavy atom. The lowest BCUT2D eigenvalue weighted by Crippen LogP contribution is -2.53. The van der Waals surface area contributed by atoms with Gasteiger partial charge >= 0.3 is 0 Å². The maximum absolute atomic E-state index is 6.09. The average molecular weight is 294 g/mol. The second-order valence-corrected chi connectivity index (χ2v) is 5.65. The van der Waals surface area contributed by atoms with Crippen molar-refractivity contribution in [2.24, 2.45) is 5.73 Å². The summed E-state index contributed by atoms with van der Waals surface area (Å²) in [5.41, 5.74) is 7.27. The van der Waals surface area contributed by atoms with Crippen molar-refractivity contribution in [1.29, 1.82) is 0 Å². The summed E-state index contributed by atoms with van der Waals surface area (Å²) < 4.78 is 10.7.